The third-order valence-electron chi connectivity index (χ3n) is 1.72. The minimum Gasteiger partial charge on any atom is -0.365 e. The van der Waals surface area contributed by atoms with Gasteiger partial charge in [-0.25, -0.2) is 4.39 Å². The van der Waals surface area contributed by atoms with Gasteiger partial charge in [0.1, 0.15) is 12.2 Å². The third kappa shape index (κ3) is 1.68. The highest BCUT2D eigenvalue weighted by Crippen LogP contribution is 2.22. The molecule has 0 aromatic heterocycles. The van der Waals surface area contributed by atoms with Crippen LogP contribution in [0.3, 0.4) is 0 Å². The van der Waals surface area contributed by atoms with Gasteiger partial charge in [-0.1, -0.05) is 12.1 Å². The van der Waals surface area contributed by atoms with Crippen molar-refractivity contribution in [2.24, 2.45) is 5.73 Å². The predicted molar refractivity (Wildman–Crippen MR) is 46.4 cm³/mol. The minimum atomic E-state index is -0.995. The number of carbonyl (C=O) groups is 1. The van der Waals surface area contributed by atoms with E-state index in [-0.39, 0.29) is 11.1 Å². The molecule has 14 heavy (non-hydrogen) atoms. The van der Waals surface area contributed by atoms with Gasteiger partial charge in [0.25, 0.3) is 11.6 Å². The van der Waals surface area contributed by atoms with E-state index in [1.807, 2.05) is 0 Å². The topological polar surface area (TPSA) is 86.2 Å². The number of primary amides is 1. The monoisotopic (exact) mass is 198 g/mol. The van der Waals surface area contributed by atoms with Crippen molar-refractivity contribution < 1.29 is 14.1 Å². The molecule has 1 aromatic carbocycles. The lowest BCUT2D eigenvalue weighted by Gasteiger charge is -2.02. The van der Waals surface area contributed by atoms with Gasteiger partial charge in [-0.3, -0.25) is 14.9 Å². The zero-order valence-corrected chi connectivity index (χ0v) is 7.07. The summed E-state index contributed by atoms with van der Waals surface area (Å²) >= 11 is 0. The average Bonchev–Trinajstić information content (AvgIpc) is 2.16. The Hall–Kier alpha value is -1.98. The number of hydrogen-bond donors (Lipinski definition) is 1. The fraction of sp³-hybridized carbons (Fsp3) is 0.125. The first-order valence-electron chi connectivity index (χ1n) is 3.70. The van der Waals surface area contributed by atoms with Crippen LogP contribution in [0, 0.1) is 10.1 Å². The molecule has 0 unspecified atom stereocenters. The Labute approximate surface area is 78.5 Å². The molecule has 2 N–H and O–H groups in total. The summed E-state index contributed by atoms with van der Waals surface area (Å²) in [6.45, 7) is -0.958. The molecular weight excluding hydrogens is 191 g/mol. The summed E-state index contributed by atoms with van der Waals surface area (Å²) in [5, 5.41) is 10.5. The van der Waals surface area contributed by atoms with Crippen molar-refractivity contribution in [3.63, 3.8) is 0 Å². The van der Waals surface area contributed by atoms with Crippen molar-refractivity contribution in [1.82, 2.24) is 0 Å². The number of halogens is 1. The summed E-state index contributed by atoms with van der Waals surface area (Å²) in [5.41, 5.74) is 4.03. The maximum absolute atomic E-state index is 12.4. The first kappa shape index (κ1) is 10.1. The van der Waals surface area contributed by atoms with E-state index in [0.29, 0.717) is 0 Å². The molecule has 0 radical (unpaired) electrons. The van der Waals surface area contributed by atoms with Gasteiger partial charge in [-0.2, -0.15) is 0 Å². The van der Waals surface area contributed by atoms with Crippen molar-refractivity contribution in [2.75, 3.05) is 0 Å². The van der Waals surface area contributed by atoms with Crippen molar-refractivity contribution in [1.29, 1.82) is 0 Å². The number of nitrogens with zero attached hydrogens (tertiary/aromatic N) is 1. The molecule has 1 rings (SSSR count). The largest absolute Gasteiger partial charge is 0.365 e. The number of nitrogens with two attached hydrogens (primary N) is 1. The Morgan fingerprint density at radius 3 is 2.64 bits per heavy atom. The molecule has 6 heteroatoms. The lowest BCUT2D eigenvalue weighted by Crippen LogP contribution is -2.15. The van der Waals surface area contributed by atoms with E-state index in [1.54, 1.807) is 0 Å². The van der Waals surface area contributed by atoms with Crippen LogP contribution in [0.4, 0.5) is 10.1 Å². The van der Waals surface area contributed by atoms with Gasteiger partial charge in [0, 0.05) is 11.6 Å². The number of nitro groups is 1. The standard InChI is InChI=1S/C8H7FN2O3/c9-4-5-2-1-3-6(11(13)14)7(5)8(10)12/h1-3H,4H2,(H2,10,12). The van der Waals surface area contributed by atoms with Gasteiger partial charge in [0.15, 0.2) is 0 Å². The zero-order valence-electron chi connectivity index (χ0n) is 7.07. The molecular formula is C8H7FN2O3. The summed E-state index contributed by atoms with van der Waals surface area (Å²) in [6.07, 6.45) is 0. The highest BCUT2D eigenvalue weighted by molar-refractivity contribution is 5.98. The summed E-state index contributed by atoms with van der Waals surface area (Å²) in [7, 11) is 0. The van der Waals surface area contributed by atoms with Crippen LogP contribution in [0.2, 0.25) is 0 Å². The second kappa shape index (κ2) is 3.82. The van der Waals surface area contributed by atoms with Crippen LogP contribution >= 0.6 is 0 Å². The van der Waals surface area contributed by atoms with E-state index in [4.69, 9.17) is 5.73 Å². The molecule has 1 aromatic rings. The van der Waals surface area contributed by atoms with Crippen LogP contribution in [0.1, 0.15) is 15.9 Å². The molecule has 0 saturated carbocycles. The third-order valence-corrected chi connectivity index (χ3v) is 1.72. The molecule has 0 aliphatic rings. The summed E-state index contributed by atoms with van der Waals surface area (Å²) < 4.78 is 12.4. The van der Waals surface area contributed by atoms with Crippen molar-refractivity contribution >= 4 is 11.6 Å². The van der Waals surface area contributed by atoms with Crippen LogP contribution in [0.25, 0.3) is 0 Å². The molecule has 0 atom stereocenters. The summed E-state index contributed by atoms with van der Waals surface area (Å²) in [6, 6.07) is 3.70. The number of rotatable bonds is 3. The highest BCUT2D eigenvalue weighted by atomic mass is 19.1. The van der Waals surface area contributed by atoms with E-state index < -0.39 is 23.2 Å². The van der Waals surface area contributed by atoms with Gasteiger partial charge in [-0.05, 0) is 0 Å². The number of alkyl halides is 1. The molecule has 1 amide bonds. The van der Waals surface area contributed by atoms with Crippen molar-refractivity contribution in [3.05, 3.63) is 39.4 Å². The van der Waals surface area contributed by atoms with Gasteiger partial charge in [0.05, 0.1) is 4.92 Å². The second-order valence-electron chi connectivity index (χ2n) is 2.57. The van der Waals surface area contributed by atoms with E-state index in [0.717, 1.165) is 6.07 Å². The van der Waals surface area contributed by atoms with Gasteiger partial charge in [0.2, 0.25) is 0 Å². The lowest BCUT2D eigenvalue weighted by molar-refractivity contribution is -0.385. The van der Waals surface area contributed by atoms with Crippen molar-refractivity contribution in [2.45, 2.75) is 6.67 Å². The number of amides is 1. The number of nitro benzene ring substituents is 1. The molecule has 5 nitrogen and oxygen atoms in total. The van der Waals surface area contributed by atoms with E-state index in [2.05, 4.69) is 0 Å². The second-order valence-corrected chi connectivity index (χ2v) is 2.57. The number of hydrogen-bond acceptors (Lipinski definition) is 3. The summed E-state index contributed by atoms with van der Waals surface area (Å²) in [4.78, 5) is 20.6. The predicted octanol–water partition coefficient (Wildman–Crippen LogP) is 1.16. The molecule has 0 saturated heterocycles. The molecule has 0 aliphatic heterocycles. The van der Waals surface area contributed by atoms with E-state index in [1.165, 1.54) is 12.1 Å². The van der Waals surface area contributed by atoms with Gasteiger partial charge < -0.3 is 5.73 Å². The molecule has 0 aliphatic carbocycles. The van der Waals surface area contributed by atoms with Crippen LogP contribution in [-0.4, -0.2) is 10.8 Å². The Kier molecular flexibility index (Phi) is 2.76. The van der Waals surface area contributed by atoms with Gasteiger partial charge >= 0.3 is 0 Å². The normalized spacial score (nSPS) is 9.79. The average molecular weight is 198 g/mol. The Bertz CT molecular complexity index is 392. The lowest BCUT2D eigenvalue weighted by atomic mass is 10.1. The Balaban J connectivity index is 3.43. The highest BCUT2D eigenvalue weighted by Gasteiger charge is 2.21. The van der Waals surface area contributed by atoms with E-state index >= 15 is 0 Å². The number of benzene rings is 1. The fourth-order valence-corrected chi connectivity index (χ4v) is 1.13. The number of carbonyl (C=O) groups excluding carboxylic acids is 1. The first-order valence-corrected chi connectivity index (χ1v) is 3.70. The van der Waals surface area contributed by atoms with Crippen LogP contribution in [0.15, 0.2) is 18.2 Å². The Morgan fingerprint density at radius 2 is 2.21 bits per heavy atom. The van der Waals surface area contributed by atoms with E-state index in [9.17, 15) is 19.3 Å². The van der Waals surface area contributed by atoms with Gasteiger partial charge in [-0.15, -0.1) is 0 Å². The van der Waals surface area contributed by atoms with Crippen molar-refractivity contribution in [3.8, 4) is 0 Å². The molecule has 0 spiro atoms. The van der Waals surface area contributed by atoms with Crippen LogP contribution < -0.4 is 5.73 Å². The minimum absolute atomic E-state index is 0.0632. The summed E-state index contributed by atoms with van der Waals surface area (Å²) in [5.74, 6) is -0.995. The molecule has 74 valence electrons. The van der Waals surface area contributed by atoms with Crippen LogP contribution in [-0.2, 0) is 6.67 Å². The quantitative estimate of drug-likeness (QED) is 0.584. The molecule has 0 heterocycles. The van der Waals surface area contributed by atoms with Crippen LogP contribution in [0.5, 0.6) is 0 Å². The molecule has 0 bridgehead atoms. The molecule has 0 fully saturated rings. The fourth-order valence-electron chi connectivity index (χ4n) is 1.13. The zero-order chi connectivity index (χ0) is 10.7. The maximum atomic E-state index is 12.4. The first-order chi connectivity index (χ1) is 6.57. The SMILES string of the molecule is NC(=O)c1c(CF)cccc1[N+](=O)[O-]. The smallest absolute Gasteiger partial charge is 0.282 e. The Morgan fingerprint density at radius 1 is 1.57 bits per heavy atom. The maximum Gasteiger partial charge on any atom is 0.282 e.